The van der Waals surface area contributed by atoms with Crippen molar-refractivity contribution in [3.05, 3.63) is 65.5 Å². The number of methoxy groups -OCH3 is 1. The molecule has 2 rings (SSSR count). The number of rotatable bonds is 10. The molecule has 0 aliphatic rings. The average molecular weight is 372 g/mol. The standard InChI is InChI=1S/C21H22ClNO3/c1-25-19-11-8-17(9-12-19)6-3-5-15-26-21-13-10-18(16-22)23-20(21)7-2-4-14-24/h2,4,7-13H,3,5-6,15-16H2,1H3/b7-2+. The highest BCUT2D eigenvalue weighted by Crippen LogP contribution is 2.20. The molecule has 136 valence electrons. The lowest BCUT2D eigenvalue weighted by molar-refractivity contribution is 0.305. The minimum atomic E-state index is 0.326. The molecule has 0 N–H and O–H groups in total. The number of aryl methyl sites for hydroxylation is 1. The zero-order valence-electron chi connectivity index (χ0n) is 14.8. The molecule has 2 aromatic rings. The van der Waals surface area contributed by atoms with Crippen LogP contribution in [0.1, 0.15) is 29.8 Å². The fourth-order valence-corrected chi connectivity index (χ4v) is 2.55. The van der Waals surface area contributed by atoms with Gasteiger partial charge in [0.1, 0.15) is 23.1 Å². The van der Waals surface area contributed by atoms with Crippen LogP contribution in [-0.4, -0.2) is 24.6 Å². The Hall–Kier alpha value is -2.55. The summed E-state index contributed by atoms with van der Waals surface area (Å²) in [5.41, 5.74) is 2.70. The molecule has 0 fully saturated rings. The van der Waals surface area contributed by atoms with Crippen molar-refractivity contribution in [2.45, 2.75) is 25.1 Å². The number of allylic oxidation sites excluding steroid dienone is 2. The topological polar surface area (TPSA) is 48.4 Å². The quantitative estimate of drug-likeness (QED) is 0.264. The Labute approximate surface area is 159 Å². The van der Waals surface area contributed by atoms with Gasteiger partial charge in [0.2, 0.25) is 0 Å². The number of hydrogen-bond acceptors (Lipinski definition) is 4. The van der Waals surface area contributed by atoms with Crippen LogP contribution in [0.3, 0.4) is 0 Å². The number of benzene rings is 1. The Balaban J connectivity index is 1.85. The predicted octanol–water partition coefficient (Wildman–Crippen LogP) is 4.63. The van der Waals surface area contributed by atoms with E-state index in [1.165, 1.54) is 11.6 Å². The van der Waals surface area contributed by atoms with Gasteiger partial charge in [-0.05, 0) is 61.2 Å². The molecule has 0 radical (unpaired) electrons. The first kappa shape index (κ1) is 19.8. The molecular formula is C21H22ClNO3. The Bertz CT molecular complexity index is 765. The molecule has 4 nitrogen and oxygen atoms in total. The molecule has 0 atom stereocenters. The number of carbonyl (C=O) groups excluding carboxylic acids is 1. The molecule has 1 aromatic heterocycles. The Kier molecular flexibility index (Phi) is 8.47. The lowest BCUT2D eigenvalue weighted by Gasteiger charge is -2.10. The van der Waals surface area contributed by atoms with Crippen LogP contribution < -0.4 is 9.47 Å². The van der Waals surface area contributed by atoms with Crippen molar-refractivity contribution in [1.29, 1.82) is 0 Å². The third-order valence-electron chi connectivity index (χ3n) is 3.78. The van der Waals surface area contributed by atoms with Gasteiger partial charge >= 0.3 is 0 Å². The van der Waals surface area contributed by atoms with E-state index in [-0.39, 0.29) is 0 Å². The predicted molar refractivity (Wildman–Crippen MR) is 105 cm³/mol. The van der Waals surface area contributed by atoms with Crippen LogP contribution >= 0.6 is 11.6 Å². The van der Waals surface area contributed by atoms with Crippen LogP contribution in [0.2, 0.25) is 0 Å². The summed E-state index contributed by atoms with van der Waals surface area (Å²) in [6, 6.07) is 11.8. The smallest absolute Gasteiger partial charge is 0.144 e. The van der Waals surface area contributed by atoms with Crippen molar-refractivity contribution in [3.63, 3.8) is 0 Å². The monoisotopic (exact) mass is 371 g/mol. The SMILES string of the molecule is COc1ccc(CCCCOc2ccc(CCl)nc2/C=C/C=C=O)cc1. The number of pyridine rings is 1. The minimum Gasteiger partial charge on any atom is -0.497 e. The van der Waals surface area contributed by atoms with Crippen LogP contribution in [-0.2, 0) is 17.1 Å². The summed E-state index contributed by atoms with van der Waals surface area (Å²) in [5, 5.41) is 0. The van der Waals surface area contributed by atoms with Gasteiger partial charge in [-0.25, -0.2) is 9.78 Å². The summed E-state index contributed by atoms with van der Waals surface area (Å²) in [5.74, 6) is 3.58. The molecular weight excluding hydrogens is 350 g/mol. The normalized spacial score (nSPS) is 10.5. The largest absolute Gasteiger partial charge is 0.497 e. The third-order valence-corrected chi connectivity index (χ3v) is 4.05. The van der Waals surface area contributed by atoms with Gasteiger partial charge in [0, 0.05) is 6.08 Å². The Morgan fingerprint density at radius 3 is 2.65 bits per heavy atom. The number of halogens is 1. The maximum atomic E-state index is 10.3. The van der Waals surface area contributed by atoms with Gasteiger partial charge in [0.25, 0.3) is 0 Å². The summed E-state index contributed by atoms with van der Waals surface area (Å²) < 4.78 is 11.0. The summed E-state index contributed by atoms with van der Waals surface area (Å²) >= 11 is 5.83. The highest BCUT2D eigenvalue weighted by molar-refractivity contribution is 6.16. The van der Waals surface area contributed by atoms with Crippen molar-refractivity contribution in [3.8, 4) is 11.5 Å². The van der Waals surface area contributed by atoms with Gasteiger partial charge in [0.05, 0.1) is 25.3 Å². The van der Waals surface area contributed by atoms with E-state index in [9.17, 15) is 4.79 Å². The first-order valence-corrected chi connectivity index (χ1v) is 8.99. The fraction of sp³-hybridized carbons (Fsp3) is 0.286. The first-order valence-electron chi connectivity index (χ1n) is 8.46. The van der Waals surface area contributed by atoms with Crippen LogP contribution in [0.25, 0.3) is 6.08 Å². The zero-order valence-corrected chi connectivity index (χ0v) is 15.5. The van der Waals surface area contributed by atoms with E-state index in [1.807, 2.05) is 24.3 Å². The van der Waals surface area contributed by atoms with Crippen LogP contribution in [0, 0.1) is 0 Å². The van der Waals surface area contributed by atoms with Gasteiger partial charge in [-0.2, -0.15) is 0 Å². The van der Waals surface area contributed by atoms with E-state index in [0.29, 0.717) is 23.9 Å². The van der Waals surface area contributed by atoms with Gasteiger partial charge < -0.3 is 9.47 Å². The molecule has 0 aliphatic carbocycles. The Morgan fingerprint density at radius 1 is 1.15 bits per heavy atom. The number of nitrogens with zero attached hydrogens (tertiary/aromatic N) is 1. The lowest BCUT2D eigenvalue weighted by atomic mass is 10.1. The number of unbranched alkanes of at least 4 members (excludes halogenated alkanes) is 1. The zero-order chi connectivity index (χ0) is 18.6. The van der Waals surface area contributed by atoms with Gasteiger partial charge in [-0.15, -0.1) is 11.6 Å². The first-order chi connectivity index (χ1) is 12.8. The van der Waals surface area contributed by atoms with Gasteiger partial charge in [-0.1, -0.05) is 12.1 Å². The highest BCUT2D eigenvalue weighted by Gasteiger charge is 2.04. The maximum absolute atomic E-state index is 10.3. The van der Waals surface area contributed by atoms with E-state index in [4.69, 9.17) is 21.1 Å². The van der Waals surface area contributed by atoms with Gasteiger partial charge in [0.15, 0.2) is 0 Å². The van der Waals surface area contributed by atoms with Gasteiger partial charge in [-0.3, -0.25) is 0 Å². The second-order valence-electron chi connectivity index (χ2n) is 5.62. The van der Waals surface area contributed by atoms with E-state index in [0.717, 1.165) is 30.7 Å². The number of hydrogen-bond donors (Lipinski definition) is 0. The Morgan fingerprint density at radius 2 is 1.96 bits per heavy atom. The number of ether oxygens (including phenoxy) is 2. The second kappa shape index (κ2) is 11.1. The molecule has 5 heteroatoms. The summed E-state index contributed by atoms with van der Waals surface area (Å²) in [7, 11) is 1.67. The molecule has 0 aliphatic heterocycles. The third kappa shape index (κ3) is 6.40. The average Bonchev–Trinajstić information content (AvgIpc) is 2.69. The highest BCUT2D eigenvalue weighted by atomic mass is 35.5. The summed E-state index contributed by atoms with van der Waals surface area (Å²) in [6.07, 6.45) is 7.54. The van der Waals surface area contributed by atoms with Crippen molar-refractivity contribution in [1.82, 2.24) is 4.98 Å². The summed E-state index contributed by atoms with van der Waals surface area (Å²) in [4.78, 5) is 14.7. The second-order valence-corrected chi connectivity index (χ2v) is 5.88. The van der Waals surface area contributed by atoms with E-state index in [1.54, 1.807) is 25.2 Å². The van der Waals surface area contributed by atoms with Crippen LogP contribution in [0.15, 0.2) is 48.6 Å². The lowest BCUT2D eigenvalue weighted by Crippen LogP contribution is -2.02. The molecule has 0 saturated heterocycles. The van der Waals surface area contributed by atoms with Crippen molar-refractivity contribution in [2.24, 2.45) is 0 Å². The number of aromatic nitrogens is 1. The molecule has 0 bridgehead atoms. The van der Waals surface area contributed by atoms with E-state index < -0.39 is 0 Å². The molecule has 0 spiro atoms. The molecule has 0 saturated carbocycles. The molecule has 1 heterocycles. The maximum Gasteiger partial charge on any atom is 0.144 e. The van der Waals surface area contributed by atoms with Crippen LogP contribution in [0.5, 0.6) is 11.5 Å². The minimum absolute atomic E-state index is 0.326. The van der Waals surface area contributed by atoms with Crippen LogP contribution in [0.4, 0.5) is 0 Å². The van der Waals surface area contributed by atoms with Crippen molar-refractivity contribution < 1.29 is 14.3 Å². The molecule has 0 amide bonds. The van der Waals surface area contributed by atoms with E-state index >= 15 is 0 Å². The fourth-order valence-electron chi connectivity index (χ4n) is 2.40. The number of alkyl halides is 1. The summed E-state index contributed by atoms with van der Waals surface area (Å²) in [6.45, 7) is 0.600. The van der Waals surface area contributed by atoms with E-state index in [2.05, 4.69) is 17.1 Å². The molecule has 1 aromatic carbocycles. The molecule has 26 heavy (non-hydrogen) atoms. The van der Waals surface area contributed by atoms with Crippen molar-refractivity contribution in [2.75, 3.05) is 13.7 Å². The van der Waals surface area contributed by atoms with Crippen molar-refractivity contribution >= 4 is 23.6 Å². The molecule has 0 unspecified atom stereocenters.